The summed E-state index contributed by atoms with van der Waals surface area (Å²) < 4.78 is 13.3. The first-order chi connectivity index (χ1) is 12.6. The Balaban J connectivity index is 1.52. The van der Waals surface area contributed by atoms with Gasteiger partial charge in [0.25, 0.3) is 5.91 Å². The van der Waals surface area contributed by atoms with Crippen molar-refractivity contribution in [2.45, 2.75) is 45.1 Å². The molecule has 2 aromatic rings. The molecule has 1 amide bonds. The Morgan fingerprint density at radius 1 is 1.15 bits per heavy atom. The summed E-state index contributed by atoms with van der Waals surface area (Å²) in [4.78, 5) is 12.8. The summed E-state index contributed by atoms with van der Waals surface area (Å²) in [6, 6.07) is 5.72. The van der Waals surface area contributed by atoms with Gasteiger partial charge in [0.05, 0.1) is 19.3 Å². The number of hydrogen-bond acceptors (Lipinski definition) is 4. The fourth-order valence-electron chi connectivity index (χ4n) is 3.75. The molecule has 2 heterocycles. The van der Waals surface area contributed by atoms with Gasteiger partial charge in [-0.15, -0.1) is 0 Å². The van der Waals surface area contributed by atoms with Crippen molar-refractivity contribution in [3.05, 3.63) is 40.7 Å². The van der Waals surface area contributed by atoms with Crippen LogP contribution >= 0.6 is 0 Å². The molecule has 2 aliphatic rings. The molecule has 0 fully saturated rings. The second-order valence-corrected chi connectivity index (χ2v) is 7.06. The molecule has 0 spiro atoms. The molecule has 4 rings (SSSR count). The van der Waals surface area contributed by atoms with Gasteiger partial charge in [-0.3, -0.25) is 9.48 Å². The van der Waals surface area contributed by atoms with Gasteiger partial charge < -0.3 is 14.8 Å². The minimum Gasteiger partial charge on any atom is -0.490 e. The molecule has 1 N–H and O–H groups in total. The quantitative estimate of drug-likeness (QED) is 0.919. The highest BCUT2D eigenvalue weighted by atomic mass is 16.5. The van der Waals surface area contributed by atoms with Gasteiger partial charge in [-0.25, -0.2) is 0 Å². The molecule has 1 aliphatic carbocycles. The Labute approximate surface area is 153 Å². The van der Waals surface area contributed by atoms with Crippen molar-refractivity contribution in [3.63, 3.8) is 0 Å². The van der Waals surface area contributed by atoms with E-state index in [0.29, 0.717) is 18.9 Å². The van der Waals surface area contributed by atoms with Crippen LogP contribution in [0.5, 0.6) is 11.5 Å². The van der Waals surface area contributed by atoms with Crippen LogP contribution in [-0.4, -0.2) is 28.9 Å². The number of benzene rings is 1. The molecule has 0 bridgehead atoms. The lowest BCUT2D eigenvalue weighted by Crippen LogP contribution is -2.28. The number of ether oxygens (including phenoxy) is 2. The maximum absolute atomic E-state index is 12.8. The fraction of sp³-hybridized carbons (Fsp3) is 0.500. The molecular formula is C20H25N3O3. The summed E-state index contributed by atoms with van der Waals surface area (Å²) in [6.45, 7) is 3.30. The van der Waals surface area contributed by atoms with Crippen molar-refractivity contribution in [2.75, 3.05) is 13.2 Å². The molecule has 1 aromatic carbocycles. The monoisotopic (exact) mass is 355 g/mol. The Morgan fingerprint density at radius 2 is 1.92 bits per heavy atom. The number of carbonyl (C=O) groups excluding carboxylic acids is 1. The van der Waals surface area contributed by atoms with Crippen LogP contribution < -0.4 is 14.8 Å². The SMILES string of the molecule is CC(NC(=O)c1nn(C)c2c1CCCC2)c1ccc2c(c1)OCCCO2. The number of carbonyl (C=O) groups is 1. The minimum atomic E-state index is -0.138. The summed E-state index contributed by atoms with van der Waals surface area (Å²) in [5.74, 6) is 1.41. The number of nitrogens with zero attached hydrogens (tertiary/aromatic N) is 2. The van der Waals surface area contributed by atoms with E-state index in [-0.39, 0.29) is 11.9 Å². The van der Waals surface area contributed by atoms with Crippen LogP contribution in [0, 0.1) is 0 Å². The lowest BCUT2D eigenvalue weighted by molar-refractivity contribution is 0.0933. The molecule has 0 radical (unpaired) electrons. The lowest BCUT2D eigenvalue weighted by Gasteiger charge is -2.17. The second kappa shape index (κ2) is 7.02. The van der Waals surface area contributed by atoms with Crippen molar-refractivity contribution >= 4 is 5.91 Å². The number of rotatable bonds is 3. The number of amides is 1. The first-order valence-corrected chi connectivity index (χ1v) is 9.38. The van der Waals surface area contributed by atoms with E-state index >= 15 is 0 Å². The number of hydrogen-bond donors (Lipinski definition) is 1. The number of fused-ring (bicyclic) bond motifs is 2. The van der Waals surface area contributed by atoms with Gasteiger partial charge in [0, 0.05) is 24.7 Å². The number of aromatic nitrogens is 2. The third kappa shape index (κ3) is 3.16. The first kappa shape index (κ1) is 16.9. The lowest BCUT2D eigenvalue weighted by atomic mass is 9.95. The molecular weight excluding hydrogens is 330 g/mol. The number of nitrogens with one attached hydrogen (secondary N) is 1. The van der Waals surface area contributed by atoms with Gasteiger partial charge in [0.1, 0.15) is 0 Å². The standard InChI is InChI=1S/C20H25N3O3/c1-13(14-8-9-17-18(12-14)26-11-5-10-25-17)21-20(24)19-15-6-3-4-7-16(15)23(2)22-19/h8-9,12-13H,3-7,10-11H2,1-2H3,(H,21,24). The molecule has 1 atom stereocenters. The molecule has 6 heteroatoms. The summed E-state index contributed by atoms with van der Waals surface area (Å²) in [5.41, 5.74) is 3.88. The molecule has 26 heavy (non-hydrogen) atoms. The van der Waals surface area contributed by atoms with Crippen molar-refractivity contribution < 1.29 is 14.3 Å². The molecule has 1 aromatic heterocycles. The van der Waals surface area contributed by atoms with Crippen LogP contribution in [0.3, 0.4) is 0 Å². The maximum atomic E-state index is 12.8. The topological polar surface area (TPSA) is 65.4 Å². The highest BCUT2D eigenvalue weighted by Gasteiger charge is 2.25. The summed E-state index contributed by atoms with van der Waals surface area (Å²) in [5, 5.41) is 7.57. The van der Waals surface area contributed by atoms with Gasteiger partial charge in [0.15, 0.2) is 17.2 Å². The average molecular weight is 355 g/mol. The van der Waals surface area contributed by atoms with Crippen LogP contribution in [0.1, 0.15) is 59.5 Å². The zero-order valence-electron chi connectivity index (χ0n) is 15.4. The van der Waals surface area contributed by atoms with Crippen LogP contribution in [0.2, 0.25) is 0 Å². The van der Waals surface area contributed by atoms with Crippen LogP contribution in [0.15, 0.2) is 18.2 Å². The van der Waals surface area contributed by atoms with E-state index in [1.165, 1.54) is 12.1 Å². The Bertz CT molecular complexity index is 828. The van der Waals surface area contributed by atoms with Crippen molar-refractivity contribution in [1.29, 1.82) is 0 Å². The summed E-state index contributed by atoms with van der Waals surface area (Å²) in [7, 11) is 1.92. The van der Waals surface area contributed by atoms with Gasteiger partial charge >= 0.3 is 0 Å². The Morgan fingerprint density at radius 3 is 2.77 bits per heavy atom. The van der Waals surface area contributed by atoms with Gasteiger partial charge in [-0.05, 0) is 50.3 Å². The van der Waals surface area contributed by atoms with Crippen molar-refractivity contribution in [1.82, 2.24) is 15.1 Å². The molecule has 1 aliphatic heterocycles. The van der Waals surface area contributed by atoms with Crippen LogP contribution in [-0.2, 0) is 19.9 Å². The third-order valence-electron chi connectivity index (χ3n) is 5.20. The molecule has 6 nitrogen and oxygen atoms in total. The Hall–Kier alpha value is -2.50. The van der Waals surface area contributed by atoms with E-state index in [9.17, 15) is 4.79 Å². The predicted octanol–water partition coefficient (Wildman–Crippen LogP) is 2.95. The van der Waals surface area contributed by atoms with E-state index in [1.807, 2.05) is 36.9 Å². The maximum Gasteiger partial charge on any atom is 0.272 e. The third-order valence-corrected chi connectivity index (χ3v) is 5.20. The summed E-state index contributed by atoms with van der Waals surface area (Å²) in [6.07, 6.45) is 5.10. The highest BCUT2D eigenvalue weighted by molar-refractivity contribution is 5.94. The van der Waals surface area contributed by atoms with E-state index in [2.05, 4.69) is 10.4 Å². The van der Waals surface area contributed by atoms with E-state index in [1.54, 1.807) is 0 Å². The van der Waals surface area contributed by atoms with E-state index in [0.717, 1.165) is 48.3 Å². The van der Waals surface area contributed by atoms with E-state index in [4.69, 9.17) is 9.47 Å². The van der Waals surface area contributed by atoms with Crippen LogP contribution in [0.4, 0.5) is 0 Å². The molecule has 138 valence electrons. The van der Waals surface area contributed by atoms with Crippen molar-refractivity contribution in [3.8, 4) is 11.5 Å². The molecule has 0 saturated heterocycles. The predicted molar refractivity (Wildman–Crippen MR) is 97.8 cm³/mol. The average Bonchev–Trinajstić information content (AvgIpc) is 2.83. The second-order valence-electron chi connectivity index (χ2n) is 7.06. The first-order valence-electron chi connectivity index (χ1n) is 9.38. The number of aryl methyl sites for hydroxylation is 1. The smallest absolute Gasteiger partial charge is 0.272 e. The van der Waals surface area contributed by atoms with Gasteiger partial charge in [-0.1, -0.05) is 6.07 Å². The minimum absolute atomic E-state index is 0.108. The largest absolute Gasteiger partial charge is 0.490 e. The van der Waals surface area contributed by atoms with Crippen LogP contribution in [0.25, 0.3) is 0 Å². The normalized spacial score (nSPS) is 17.2. The zero-order valence-corrected chi connectivity index (χ0v) is 15.4. The molecule has 0 saturated carbocycles. The van der Waals surface area contributed by atoms with E-state index < -0.39 is 0 Å². The highest BCUT2D eigenvalue weighted by Crippen LogP contribution is 2.32. The summed E-state index contributed by atoms with van der Waals surface area (Å²) >= 11 is 0. The van der Waals surface area contributed by atoms with Gasteiger partial charge in [-0.2, -0.15) is 5.10 Å². The molecule has 1 unspecified atom stereocenters. The fourth-order valence-corrected chi connectivity index (χ4v) is 3.75. The van der Waals surface area contributed by atoms with Crippen molar-refractivity contribution in [2.24, 2.45) is 7.05 Å². The van der Waals surface area contributed by atoms with Gasteiger partial charge in [0.2, 0.25) is 0 Å². The Kier molecular flexibility index (Phi) is 4.57. The zero-order chi connectivity index (χ0) is 18.1.